The third kappa shape index (κ3) is 7.54. The Hall–Kier alpha value is -2.34. The van der Waals surface area contributed by atoms with Crippen LogP contribution in [0, 0.1) is 6.92 Å². The molecule has 29 heavy (non-hydrogen) atoms. The van der Waals surface area contributed by atoms with Crippen LogP contribution in [-0.2, 0) is 16.1 Å². The average Bonchev–Trinajstić information content (AvgIpc) is 2.65. The number of benzene rings is 2. The Balaban J connectivity index is 2.15. The summed E-state index contributed by atoms with van der Waals surface area (Å²) in [6.45, 7) is 9.70. The van der Waals surface area contributed by atoms with Gasteiger partial charge in [-0.05, 0) is 64.4 Å². The number of carbonyl (C=O) groups is 2. The minimum absolute atomic E-state index is 0.138. The normalized spacial score (nSPS) is 12.2. The molecule has 1 atom stereocenters. The van der Waals surface area contributed by atoms with Gasteiger partial charge in [0.2, 0.25) is 5.91 Å². The molecule has 156 valence electrons. The summed E-state index contributed by atoms with van der Waals surface area (Å²) in [4.78, 5) is 27.2. The Bertz CT molecular complexity index is 827. The van der Waals surface area contributed by atoms with Gasteiger partial charge in [-0.15, -0.1) is 0 Å². The molecule has 2 aromatic carbocycles. The molecule has 0 aliphatic rings. The summed E-state index contributed by atoms with van der Waals surface area (Å²) < 4.78 is 6.58. The lowest BCUT2D eigenvalue weighted by molar-refractivity contribution is -0.142. The number of nitrogens with one attached hydrogen (secondary N) is 1. The molecule has 0 fully saturated rings. The lowest BCUT2D eigenvalue weighted by atomic mass is 10.1. The van der Waals surface area contributed by atoms with Gasteiger partial charge in [0.05, 0.1) is 0 Å². The number of hydrogen-bond acceptors (Lipinski definition) is 3. The minimum Gasteiger partial charge on any atom is -0.484 e. The predicted molar refractivity (Wildman–Crippen MR) is 119 cm³/mol. The van der Waals surface area contributed by atoms with Crippen molar-refractivity contribution in [2.75, 3.05) is 6.61 Å². The molecule has 6 heteroatoms. The van der Waals surface area contributed by atoms with Gasteiger partial charge >= 0.3 is 0 Å². The molecule has 0 saturated heterocycles. The molecule has 1 N–H and O–H groups in total. The maximum atomic E-state index is 13.0. The van der Waals surface area contributed by atoms with Crippen LogP contribution in [0.1, 0.15) is 38.8 Å². The van der Waals surface area contributed by atoms with Crippen molar-refractivity contribution in [1.29, 1.82) is 0 Å². The molecule has 0 spiro atoms. The van der Waals surface area contributed by atoms with Crippen LogP contribution in [0.2, 0.25) is 0 Å². The number of aryl methyl sites for hydroxylation is 1. The first-order valence-corrected chi connectivity index (χ1v) is 10.4. The highest BCUT2D eigenvalue weighted by Gasteiger charge is 2.28. The maximum absolute atomic E-state index is 13.0. The summed E-state index contributed by atoms with van der Waals surface area (Å²) in [7, 11) is 0. The zero-order valence-corrected chi connectivity index (χ0v) is 19.2. The number of rotatable bonds is 7. The molecule has 5 nitrogen and oxygen atoms in total. The van der Waals surface area contributed by atoms with Gasteiger partial charge in [0.15, 0.2) is 6.61 Å². The van der Waals surface area contributed by atoms with E-state index in [9.17, 15) is 9.59 Å². The van der Waals surface area contributed by atoms with Crippen molar-refractivity contribution in [3.05, 3.63) is 64.1 Å². The van der Waals surface area contributed by atoms with Gasteiger partial charge in [-0.25, -0.2) is 0 Å². The third-order valence-electron chi connectivity index (χ3n) is 4.31. The van der Waals surface area contributed by atoms with Gasteiger partial charge in [0.1, 0.15) is 11.8 Å². The number of halogens is 1. The summed E-state index contributed by atoms with van der Waals surface area (Å²) in [6.07, 6.45) is 0. The quantitative estimate of drug-likeness (QED) is 0.662. The van der Waals surface area contributed by atoms with E-state index in [4.69, 9.17) is 4.74 Å². The first-order chi connectivity index (χ1) is 13.5. The number of hydrogen-bond donors (Lipinski definition) is 1. The van der Waals surface area contributed by atoms with Crippen molar-refractivity contribution in [2.45, 2.75) is 52.7 Å². The molecule has 0 heterocycles. The van der Waals surface area contributed by atoms with Gasteiger partial charge in [-0.3, -0.25) is 9.59 Å². The summed E-state index contributed by atoms with van der Waals surface area (Å²) in [5, 5.41) is 2.95. The van der Waals surface area contributed by atoms with Gasteiger partial charge in [0, 0.05) is 16.6 Å². The number of nitrogens with zero attached hydrogens (tertiary/aromatic N) is 1. The van der Waals surface area contributed by atoms with Crippen LogP contribution in [0.5, 0.6) is 5.75 Å². The van der Waals surface area contributed by atoms with Gasteiger partial charge in [-0.1, -0.05) is 45.8 Å². The molecular weight excluding hydrogens is 432 g/mol. The van der Waals surface area contributed by atoms with Crippen LogP contribution < -0.4 is 10.1 Å². The van der Waals surface area contributed by atoms with Crippen molar-refractivity contribution in [2.24, 2.45) is 0 Å². The Morgan fingerprint density at radius 1 is 1.07 bits per heavy atom. The zero-order valence-electron chi connectivity index (χ0n) is 17.7. The predicted octanol–water partition coefficient (Wildman–Crippen LogP) is 4.47. The van der Waals surface area contributed by atoms with Crippen LogP contribution in [-0.4, -0.2) is 34.9 Å². The van der Waals surface area contributed by atoms with E-state index in [0.717, 1.165) is 15.6 Å². The molecule has 0 unspecified atom stereocenters. The molecule has 0 aliphatic carbocycles. The number of carbonyl (C=O) groups excluding carboxylic acids is 2. The largest absolute Gasteiger partial charge is 0.484 e. The van der Waals surface area contributed by atoms with E-state index in [1.807, 2.05) is 64.1 Å². The van der Waals surface area contributed by atoms with E-state index in [-0.39, 0.29) is 24.0 Å². The van der Waals surface area contributed by atoms with E-state index in [1.54, 1.807) is 24.0 Å². The van der Waals surface area contributed by atoms with E-state index >= 15 is 0 Å². The maximum Gasteiger partial charge on any atom is 0.261 e. The van der Waals surface area contributed by atoms with Crippen molar-refractivity contribution in [3.8, 4) is 5.75 Å². The van der Waals surface area contributed by atoms with E-state index < -0.39 is 6.04 Å². The van der Waals surface area contributed by atoms with Crippen LogP contribution >= 0.6 is 15.9 Å². The smallest absolute Gasteiger partial charge is 0.261 e. The second kappa shape index (κ2) is 9.92. The summed E-state index contributed by atoms with van der Waals surface area (Å²) in [6, 6.07) is 14.6. The fourth-order valence-corrected chi connectivity index (χ4v) is 2.97. The van der Waals surface area contributed by atoms with E-state index in [0.29, 0.717) is 12.3 Å². The third-order valence-corrected chi connectivity index (χ3v) is 4.84. The second-order valence-corrected chi connectivity index (χ2v) is 9.08. The second-order valence-electron chi connectivity index (χ2n) is 8.17. The molecule has 0 bridgehead atoms. The van der Waals surface area contributed by atoms with Gasteiger partial charge < -0.3 is 15.0 Å². The first-order valence-electron chi connectivity index (χ1n) is 9.60. The average molecular weight is 461 g/mol. The number of amides is 2. The molecule has 0 aromatic heterocycles. The molecule has 2 amide bonds. The lowest BCUT2D eigenvalue weighted by Gasteiger charge is -2.31. The first kappa shape index (κ1) is 22.9. The molecule has 0 radical (unpaired) electrons. The van der Waals surface area contributed by atoms with Crippen LogP contribution in [0.4, 0.5) is 0 Å². The highest BCUT2D eigenvalue weighted by molar-refractivity contribution is 9.10. The fourth-order valence-electron chi connectivity index (χ4n) is 2.71. The summed E-state index contributed by atoms with van der Waals surface area (Å²) in [5.41, 5.74) is 1.73. The number of ether oxygens (including phenoxy) is 1. The SMILES string of the molecule is Cc1ccc(CN(C(=O)COc2ccc(Br)cc2)[C@@H](C)C(=O)NC(C)(C)C)cc1. The summed E-state index contributed by atoms with van der Waals surface area (Å²) in [5.74, 6) is 0.162. The van der Waals surface area contributed by atoms with Crippen molar-refractivity contribution in [1.82, 2.24) is 10.2 Å². The molecule has 0 aliphatic heterocycles. The van der Waals surface area contributed by atoms with Crippen molar-refractivity contribution in [3.63, 3.8) is 0 Å². The Morgan fingerprint density at radius 3 is 2.21 bits per heavy atom. The van der Waals surface area contributed by atoms with Crippen molar-refractivity contribution >= 4 is 27.7 Å². The molecule has 2 aromatic rings. The Labute approximate surface area is 181 Å². The monoisotopic (exact) mass is 460 g/mol. The lowest BCUT2D eigenvalue weighted by Crippen LogP contribution is -2.53. The zero-order chi connectivity index (χ0) is 21.6. The standard InChI is InChI=1S/C23H29BrN2O3/c1-16-6-8-18(9-7-16)14-26(17(2)22(28)25-23(3,4)5)21(27)15-29-20-12-10-19(24)11-13-20/h6-13,17H,14-15H2,1-5H3,(H,25,28)/t17-/m0/s1. The highest BCUT2D eigenvalue weighted by atomic mass is 79.9. The van der Waals surface area contributed by atoms with Crippen LogP contribution in [0.25, 0.3) is 0 Å². The highest BCUT2D eigenvalue weighted by Crippen LogP contribution is 2.17. The minimum atomic E-state index is -0.628. The topological polar surface area (TPSA) is 58.6 Å². The molecular formula is C23H29BrN2O3. The Kier molecular flexibility index (Phi) is 7.85. The molecule has 0 saturated carbocycles. The van der Waals surface area contributed by atoms with E-state index in [1.165, 1.54) is 0 Å². The van der Waals surface area contributed by atoms with Gasteiger partial charge in [-0.2, -0.15) is 0 Å². The Morgan fingerprint density at radius 2 is 1.66 bits per heavy atom. The fraction of sp³-hybridized carbons (Fsp3) is 0.391. The summed E-state index contributed by atoms with van der Waals surface area (Å²) >= 11 is 3.37. The van der Waals surface area contributed by atoms with Crippen molar-refractivity contribution < 1.29 is 14.3 Å². The van der Waals surface area contributed by atoms with Gasteiger partial charge in [0.25, 0.3) is 5.91 Å². The van der Waals surface area contributed by atoms with Crippen LogP contribution in [0.3, 0.4) is 0 Å². The van der Waals surface area contributed by atoms with Crippen LogP contribution in [0.15, 0.2) is 53.0 Å². The van der Waals surface area contributed by atoms with E-state index in [2.05, 4.69) is 21.2 Å². The molecule has 2 rings (SSSR count).